The molecule has 1 unspecified atom stereocenters. The standard InChI is InChI=1S/C32H43N5O5/c1-32(2,3)37-30(40)28-24(15-10-18-34-28)19-25(38)20-27(23-13-8-5-9-14-23)35-29(39)26(16-17-33)36-31(41)42-21-22-11-6-4-7-12-22/h4-9,11-14,24-28,34,38H,10,15-16,18-21H2,1-3H3,(H,35,39)(H,36,41)(H,37,40)/t24-,25+,26-,27?,28-/m0/s1. The fourth-order valence-corrected chi connectivity index (χ4v) is 5.12. The summed E-state index contributed by atoms with van der Waals surface area (Å²) in [7, 11) is 0. The minimum Gasteiger partial charge on any atom is -0.445 e. The number of rotatable bonds is 12. The number of carbonyl (C=O) groups is 3. The van der Waals surface area contributed by atoms with Crippen LogP contribution >= 0.6 is 0 Å². The molecule has 0 aromatic heterocycles. The first-order chi connectivity index (χ1) is 20.1. The van der Waals surface area contributed by atoms with Crippen molar-refractivity contribution in [3.8, 4) is 6.07 Å². The number of amides is 3. The average Bonchev–Trinajstić information content (AvgIpc) is 2.96. The monoisotopic (exact) mass is 577 g/mol. The predicted molar refractivity (Wildman–Crippen MR) is 159 cm³/mol. The van der Waals surface area contributed by atoms with E-state index in [-0.39, 0.29) is 36.8 Å². The summed E-state index contributed by atoms with van der Waals surface area (Å²) >= 11 is 0. The molecule has 226 valence electrons. The van der Waals surface area contributed by atoms with Crippen LogP contribution in [0.25, 0.3) is 0 Å². The lowest BCUT2D eigenvalue weighted by Gasteiger charge is -2.35. The minimum absolute atomic E-state index is 0.0250. The largest absolute Gasteiger partial charge is 0.445 e. The van der Waals surface area contributed by atoms with Crippen molar-refractivity contribution in [1.82, 2.24) is 21.3 Å². The molecule has 2 aromatic carbocycles. The van der Waals surface area contributed by atoms with Crippen molar-refractivity contribution in [3.63, 3.8) is 0 Å². The van der Waals surface area contributed by atoms with Gasteiger partial charge in [-0.3, -0.25) is 9.59 Å². The number of aliphatic hydroxyl groups is 1. The van der Waals surface area contributed by atoms with Crippen LogP contribution < -0.4 is 21.3 Å². The van der Waals surface area contributed by atoms with E-state index in [4.69, 9.17) is 4.74 Å². The van der Waals surface area contributed by atoms with Gasteiger partial charge in [-0.15, -0.1) is 0 Å². The molecule has 5 N–H and O–H groups in total. The SMILES string of the molecule is CC(C)(C)NC(=O)[C@H]1NCCC[C@H]1C[C@@H](O)CC(NC(=O)[C@H](CC#N)NC(=O)OCc1ccccc1)c1ccccc1. The summed E-state index contributed by atoms with van der Waals surface area (Å²) in [6.45, 7) is 6.56. The van der Waals surface area contributed by atoms with E-state index in [0.29, 0.717) is 6.42 Å². The number of nitrogens with one attached hydrogen (secondary N) is 4. The normalized spacial score (nSPS) is 18.9. The van der Waals surface area contributed by atoms with E-state index in [1.165, 1.54) is 0 Å². The molecular weight excluding hydrogens is 534 g/mol. The fourth-order valence-electron chi connectivity index (χ4n) is 5.12. The molecule has 5 atom stereocenters. The number of piperidine rings is 1. The number of hydrogen-bond donors (Lipinski definition) is 5. The molecule has 1 saturated heterocycles. The zero-order chi connectivity index (χ0) is 30.5. The van der Waals surface area contributed by atoms with Crippen LogP contribution in [0.2, 0.25) is 0 Å². The maximum Gasteiger partial charge on any atom is 0.408 e. The summed E-state index contributed by atoms with van der Waals surface area (Å²) in [5, 5.41) is 32.3. The Hall–Kier alpha value is -3.94. The van der Waals surface area contributed by atoms with Gasteiger partial charge < -0.3 is 31.1 Å². The second-order valence-corrected chi connectivity index (χ2v) is 11.8. The molecule has 1 fully saturated rings. The molecule has 0 saturated carbocycles. The quantitative estimate of drug-likeness (QED) is 0.259. The van der Waals surface area contributed by atoms with E-state index in [1.807, 2.05) is 87.5 Å². The number of aliphatic hydroxyl groups excluding tert-OH is 1. The summed E-state index contributed by atoms with van der Waals surface area (Å²) < 4.78 is 5.24. The van der Waals surface area contributed by atoms with Crippen molar-refractivity contribution >= 4 is 17.9 Å². The first kappa shape index (κ1) is 32.6. The van der Waals surface area contributed by atoms with E-state index in [0.717, 1.165) is 30.5 Å². The number of alkyl carbamates (subject to hydrolysis) is 1. The van der Waals surface area contributed by atoms with Crippen LogP contribution in [0.15, 0.2) is 60.7 Å². The second kappa shape index (κ2) is 15.9. The van der Waals surface area contributed by atoms with Gasteiger partial charge in [-0.2, -0.15) is 5.26 Å². The maximum atomic E-state index is 13.3. The highest BCUT2D eigenvalue weighted by molar-refractivity contribution is 5.86. The molecule has 3 amide bonds. The zero-order valence-corrected chi connectivity index (χ0v) is 24.6. The Kier molecular flexibility index (Phi) is 12.3. The van der Waals surface area contributed by atoms with Crippen LogP contribution in [0.4, 0.5) is 4.79 Å². The van der Waals surface area contributed by atoms with Crippen LogP contribution in [0.5, 0.6) is 0 Å². The number of hydrogen-bond acceptors (Lipinski definition) is 7. The van der Waals surface area contributed by atoms with Gasteiger partial charge in [0.1, 0.15) is 12.6 Å². The first-order valence-corrected chi connectivity index (χ1v) is 14.5. The smallest absolute Gasteiger partial charge is 0.408 e. The summed E-state index contributed by atoms with van der Waals surface area (Å²) in [5.74, 6) is -0.719. The molecule has 0 spiro atoms. The number of ether oxygens (including phenoxy) is 1. The molecule has 10 nitrogen and oxygen atoms in total. The fraction of sp³-hybridized carbons (Fsp3) is 0.500. The van der Waals surface area contributed by atoms with Crippen molar-refractivity contribution < 1.29 is 24.2 Å². The van der Waals surface area contributed by atoms with Crippen LogP contribution in [0.3, 0.4) is 0 Å². The molecule has 0 bridgehead atoms. The summed E-state index contributed by atoms with van der Waals surface area (Å²) in [4.78, 5) is 38.7. The van der Waals surface area contributed by atoms with Gasteiger partial charge in [-0.05, 0) is 70.0 Å². The van der Waals surface area contributed by atoms with Crippen molar-refractivity contribution in [2.24, 2.45) is 5.92 Å². The van der Waals surface area contributed by atoms with E-state index in [1.54, 1.807) is 0 Å². The summed E-state index contributed by atoms with van der Waals surface area (Å²) in [6, 6.07) is 18.1. The lowest BCUT2D eigenvalue weighted by Crippen LogP contribution is -2.56. The van der Waals surface area contributed by atoms with Gasteiger partial charge in [0.25, 0.3) is 0 Å². The van der Waals surface area contributed by atoms with Gasteiger partial charge in [0.2, 0.25) is 11.8 Å². The van der Waals surface area contributed by atoms with Gasteiger partial charge in [-0.25, -0.2) is 4.79 Å². The molecule has 1 aliphatic rings. The third-order valence-corrected chi connectivity index (χ3v) is 7.09. The highest BCUT2D eigenvalue weighted by atomic mass is 16.5. The minimum atomic E-state index is -1.14. The number of nitrogens with zero attached hydrogens (tertiary/aromatic N) is 1. The molecular formula is C32H43N5O5. The van der Waals surface area contributed by atoms with Crippen LogP contribution in [-0.4, -0.2) is 53.3 Å². The Bertz CT molecular complexity index is 1200. The van der Waals surface area contributed by atoms with E-state index in [9.17, 15) is 24.8 Å². The van der Waals surface area contributed by atoms with Crippen LogP contribution in [-0.2, 0) is 20.9 Å². The van der Waals surface area contributed by atoms with Crippen molar-refractivity contribution in [3.05, 3.63) is 71.8 Å². The van der Waals surface area contributed by atoms with Crippen LogP contribution in [0.1, 0.15) is 70.0 Å². The Morgan fingerprint density at radius 3 is 2.38 bits per heavy atom. The zero-order valence-electron chi connectivity index (χ0n) is 24.6. The molecule has 42 heavy (non-hydrogen) atoms. The lowest BCUT2D eigenvalue weighted by molar-refractivity contribution is -0.126. The van der Waals surface area contributed by atoms with Crippen molar-refractivity contribution in [1.29, 1.82) is 5.26 Å². The highest BCUT2D eigenvalue weighted by Gasteiger charge is 2.34. The Morgan fingerprint density at radius 2 is 1.74 bits per heavy atom. The lowest BCUT2D eigenvalue weighted by atomic mass is 9.83. The summed E-state index contributed by atoms with van der Waals surface area (Å²) in [5.41, 5.74) is 1.19. The molecule has 0 radical (unpaired) electrons. The predicted octanol–water partition coefficient (Wildman–Crippen LogP) is 3.48. The molecule has 10 heteroatoms. The number of carbonyl (C=O) groups excluding carboxylic acids is 3. The van der Waals surface area contributed by atoms with Gasteiger partial charge >= 0.3 is 6.09 Å². The van der Waals surface area contributed by atoms with Gasteiger partial charge in [-0.1, -0.05) is 60.7 Å². The average molecular weight is 578 g/mol. The van der Waals surface area contributed by atoms with Gasteiger partial charge in [0.05, 0.1) is 30.7 Å². The molecule has 3 rings (SSSR count). The van der Waals surface area contributed by atoms with E-state index >= 15 is 0 Å². The third kappa shape index (κ3) is 10.8. The first-order valence-electron chi connectivity index (χ1n) is 14.5. The van der Waals surface area contributed by atoms with Crippen molar-refractivity contribution in [2.75, 3.05) is 6.54 Å². The number of benzene rings is 2. The van der Waals surface area contributed by atoms with Crippen molar-refractivity contribution in [2.45, 2.75) is 89.3 Å². The summed E-state index contributed by atoms with van der Waals surface area (Å²) in [6.07, 6.45) is 0.385. The van der Waals surface area contributed by atoms with Crippen LogP contribution in [0, 0.1) is 17.2 Å². The van der Waals surface area contributed by atoms with E-state index in [2.05, 4.69) is 21.3 Å². The number of nitriles is 1. The van der Waals surface area contributed by atoms with E-state index < -0.39 is 36.2 Å². The Morgan fingerprint density at radius 1 is 1.07 bits per heavy atom. The molecule has 0 aliphatic carbocycles. The topological polar surface area (TPSA) is 153 Å². The Labute approximate surface area is 248 Å². The molecule has 1 heterocycles. The molecule has 1 aliphatic heterocycles. The maximum absolute atomic E-state index is 13.3. The van der Waals surface area contributed by atoms with Gasteiger partial charge in [0, 0.05) is 5.54 Å². The Balaban J connectivity index is 1.66. The second-order valence-electron chi connectivity index (χ2n) is 11.8. The molecule has 2 aromatic rings. The van der Waals surface area contributed by atoms with Gasteiger partial charge in [0.15, 0.2) is 0 Å². The highest BCUT2D eigenvalue weighted by Crippen LogP contribution is 2.27. The third-order valence-electron chi connectivity index (χ3n) is 7.09.